The van der Waals surface area contributed by atoms with Crippen LogP contribution in [0.2, 0.25) is 0 Å². The van der Waals surface area contributed by atoms with E-state index in [1.165, 1.54) is 29.3 Å². The van der Waals surface area contributed by atoms with E-state index in [-0.39, 0.29) is 35.9 Å². The van der Waals surface area contributed by atoms with Gasteiger partial charge in [-0.3, -0.25) is 14.7 Å². The number of carbonyl (C=O) groups excluding carboxylic acids is 1. The molecular formula is C25H26FN3O6S. The van der Waals surface area contributed by atoms with Gasteiger partial charge in [-0.05, 0) is 43.2 Å². The molecule has 1 aliphatic heterocycles. The molecule has 1 amide bonds. The predicted molar refractivity (Wildman–Crippen MR) is 129 cm³/mol. The van der Waals surface area contributed by atoms with Crippen molar-refractivity contribution in [1.82, 2.24) is 15.3 Å². The molecule has 2 heterocycles. The summed E-state index contributed by atoms with van der Waals surface area (Å²) in [6, 6.07) is 10.5. The van der Waals surface area contributed by atoms with Gasteiger partial charge in [0, 0.05) is 18.4 Å². The maximum Gasteiger partial charge on any atom is 0.264 e. The first-order valence-electron chi connectivity index (χ1n) is 11.1. The maximum absolute atomic E-state index is 15.2. The molecule has 0 unspecified atom stereocenters. The minimum atomic E-state index is -3.87. The molecular weight excluding hydrogens is 489 g/mol. The number of benzene rings is 2. The fourth-order valence-electron chi connectivity index (χ4n) is 4.04. The van der Waals surface area contributed by atoms with Crippen LogP contribution < -0.4 is 5.48 Å². The smallest absolute Gasteiger partial charge is 0.264 e. The number of fused-ring (bicyclic) bond motifs is 1. The maximum atomic E-state index is 15.2. The van der Waals surface area contributed by atoms with Gasteiger partial charge in [0.15, 0.2) is 14.6 Å². The third-order valence-electron chi connectivity index (χ3n) is 6.86. The van der Waals surface area contributed by atoms with Gasteiger partial charge in [0.25, 0.3) is 5.91 Å². The number of carbonyl (C=O) groups is 1. The van der Waals surface area contributed by atoms with Gasteiger partial charge in [-0.25, -0.2) is 18.3 Å². The zero-order valence-corrected chi connectivity index (χ0v) is 20.6. The lowest BCUT2D eigenvalue weighted by Gasteiger charge is -2.40. The number of nitrogens with one attached hydrogen (secondary N) is 1. The summed E-state index contributed by atoms with van der Waals surface area (Å²) in [6.45, 7) is 2.14. The third-order valence-corrected chi connectivity index (χ3v) is 8.89. The number of hydroxylamine groups is 1. The molecule has 4 rings (SSSR count). The second-order valence-corrected chi connectivity index (χ2v) is 11.6. The van der Waals surface area contributed by atoms with Crippen LogP contribution in [-0.4, -0.2) is 65.2 Å². The number of aliphatic hydroxyl groups excluding tert-OH is 1. The molecule has 1 saturated heterocycles. The number of amides is 1. The first-order chi connectivity index (χ1) is 17.0. The van der Waals surface area contributed by atoms with Gasteiger partial charge in [-0.1, -0.05) is 24.0 Å². The molecule has 3 N–H and O–H groups in total. The van der Waals surface area contributed by atoms with E-state index in [0.29, 0.717) is 24.3 Å². The zero-order chi connectivity index (χ0) is 26.1. The standard InChI is InChI=1S/C25H26FN3O6S/c1-24(23(31)28-32,36(2,33)34)11-12-29-21-10-7-18(22(26)20(21)13-27-29)6-3-17-4-8-19(9-5-17)25(14-30)15-35-16-25/h4-5,7-10,13,30,32H,11-12,14-16H2,1-2H3,(H,28,31)/t24-/m1/s1. The normalized spacial score (nSPS) is 16.5. The van der Waals surface area contributed by atoms with Crippen LogP contribution in [0.1, 0.15) is 30.0 Å². The molecule has 1 fully saturated rings. The predicted octanol–water partition coefficient (Wildman–Crippen LogP) is 1.53. The molecule has 0 spiro atoms. The van der Waals surface area contributed by atoms with Crippen LogP contribution in [0, 0.1) is 17.7 Å². The zero-order valence-electron chi connectivity index (χ0n) is 19.8. The van der Waals surface area contributed by atoms with Crippen LogP contribution >= 0.6 is 0 Å². The summed E-state index contributed by atoms with van der Waals surface area (Å²) >= 11 is 0. The summed E-state index contributed by atoms with van der Waals surface area (Å²) in [5.41, 5.74) is 3.27. The number of nitrogens with zero attached hydrogens (tertiary/aromatic N) is 2. The Kier molecular flexibility index (Phi) is 6.90. The summed E-state index contributed by atoms with van der Waals surface area (Å²) in [6.07, 6.45) is 2.05. The van der Waals surface area contributed by atoms with Gasteiger partial charge in [-0.15, -0.1) is 0 Å². The Hall–Kier alpha value is -3.30. The van der Waals surface area contributed by atoms with Crippen LogP contribution in [0.25, 0.3) is 10.9 Å². The number of hydrogen-bond donors (Lipinski definition) is 3. The van der Waals surface area contributed by atoms with Gasteiger partial charge in [0.05, 0.1) is 47.9 Å². The largest absolute Gasteiger partial charge is 0.395 e. The van der Waals surface area contributed by atoms with Crippen molar-refractivity contribution >= 4 is 26.6 Å². The first kappa shape index (κ1) is 25.8. The van der Waals surface area contributed by atoms with Crippen molar-refractivity contribution in [2.45, 2.75) is 30.1 Å². The summed E-state index contributed by atoms with van der Waals surface area (Å²) in [4.78, 5) is 12.0. The highest BCUT2D eigenvalue weighted by Gasteiger charge is 2.43. The van der Waals surface area contributed by atoms with Crippen molar-refractivity contribution in [3.63, 3.8) is 0 Å². The lowest BCUT2D eigenvalue weighted by atomic mass is 9.79. The minimum absolute atomic E-state index is 0.000931. The summed E-state index contributed by atoms with van der Waals surface area (Å²) in [7, 11) is -3.87. The SMILES string of the molecule is C[C@@](CCn1ncc2c(F)c(C#Cc3ccc(C4(CO)COC4)cc3)ccc21)(C(=O)NO)S(C)(=O)=O. The van der Waals surface area contributed by atoms with Crippen LogP contribution in [0.15, 0.2) is 42.6 Å². The van der Waals surface area contributed by atoms with E-state index in [1.54, 1.807) is 6.07 Å². The number of aryl methyl sites for hydroxylation is 1. The van der Waals surface area contributed by atoms with Crippen LogP contribution in [0.4, 0.5) is 4.39 Å². The average Bonchev–Trinajstić information content (AvgIpc) is 3.25. The lowest BCUT2D eigenvalue weighted by Crippen LogP contribution is -2.49. The molecule has 0 saturated carbocycles. The molecule has 1 aliphatic rings. The molecule has 9 nitrogen and oxygen atoms in total. The highest BCUT2D eigenvalue weighted by atomic mass is 32.2. The van der Waals surface area contributed by atoms with E-state index >= 15 is 4.39 Å². The number of hydrogen-bond acceptors (Lipinski definition) is 7. The third kappa shape index (κ3) is 4.49. The Balaban J connectivity index is 1.55. The number of rotatable bonds is 7. The number of aliphatic hydroxyl groups is 1. The number of ether oxygens (including phenoxy) is 1. The van der Waals surface area contributed by atoms with Crippen LogP contribution in [0.3, 0.4) is 0 Å². The van der Waals surface area contributed by atoms with Crippen LogP contribution in [0.5, 0.6) is 0 Å². The number of halogens is 1. The fourth-order valence-corrected chi connectivity index (χ4v) is 4.89. The Bertz CT molecular complexity index is 1460. The molecule has 3 aromatic rings. The van der Waals surface area contributed by atoms with E-state index in [0.717, 1.165) is 11.8 Å². The number of sulfone groups is 1. The minimum Gasteiger partial charge on any atom is -0.395 e. The molecule has 36 heavy (non-hydrogen) atoms. The average molecular weight is 516 g/mol. The van der Waals surface area contributed by atoms with Crippen molar-refractivity contribution in [2.75, 3.05) is 26.1 Å². The second-order valence-electron chi connectivity index (χ2n) is 9.18. The van der Waals surface area contributed by atoms with Crippen molar-refractivity contribution in [3.05, 3.63) is 65.1 Å². The van der Waals surface area contributed by atoms with Crippen LogP contribution in [-0.2, 0) is 31.3 Å². The molecule has 1 aromatic heterocycles. The monoisotopic (exact) mass is 515 g/mol. The topological polar surface area (TPSA) is 131 Å². The van der Waals surface area contributed by atoms with Gasteiger partial charge in [0.1, 0.15) is 5.82 Å². The Morgan fingerprint density at radius 2 is 1.94 bits per heavy atom. The van der Waals surface area contributed by atoms with Crippen molar-refractivity contribution in [3.8, 4) is 11.8 Å². The molecule has 0 aliphatic carbocycles. The van der Waals surface area contributed by atoms with Crippen molar-refractivity contribution in [1.29, 1.82) is 0 Å². The Labute approximate surface area is 207 Å². The summed E-state index contributed by atoms with van der Waals surface area (Å²) in [5, 5.41) is 23.0. The molecule has 0 radical (unpaired) electrons. The highest BCUT2D eigenvalue weighted by molar-refractivity contribution is 7.92. The molecule has 2 aromatic carbocycles. The molecule has 1 atom stereocenters. The van der Waals surface area contributed by atoms with Gasteiger partial charge >= 0.3 is 0 Å². The van der Waals surface area contributed by atoms with E-state index in [2.05, 4.69) is 16.9 Å². The quantitative estimate of drug-likeness (QED) is 0.247. The van der Waals surface area contributed by atoms with Crippen molar-refractivity contribution < 1.29 is 32.7 Å². The molecule has 11 heteroatoms. The van der Waals surface area contributed by atoms with E-state index in [4.69, 9.17) is 9.94 Å². The van der Waals surface area contributed by atoms with Gasteiger partial charge < -0.3 is 9.84 Å². The van der Waals surface area contributed by atoms with Gasteiger partial charge in [-0.2, -0.15) is 5.10 Å². The van der Waals surface area contributed by atoms with E-state index in [1.807, 2.05) is 24.3 Å². The van der Waals surface area contributed by atoms with Gasteiger partial charge in [0.2, 0.25) is 0 Å². The van der Waals surface area contributed by atoms with E-state index in [9.17, 15) is 18.3 Å². The number of aromatic nitrogens is 2. The summed E-state index contributed by atoms with van der Waals surface area (Å²) < 4.78 is 44.3. The Morgan fingerprint density at radius 1 is 1.25 bits per heavy atom. The summed E-state index contributed by atoms with van der Waals surface area (Å²) in [5.74, 6) is 4.16. The molecule has 190 valence electrons. The van der Waals surface area contributed by atoms with Crippen molar-refractivity contribution in [2.24, 2.45) is 0 Å². The van der Waals surface area contributed by atoms with E-state index < -0.39 is 26.3 Å². The lowest BCUT2D eigenvalue weighted by molar-refractivity contribution is -0.131. The molecule has 0 bridgehead atoms. The highest BCUT2D eigenvalue weighted by Crippen LogP contribution is 2.32. The first-order valence-corrected chi connectivity index (χ1v) is 13.0. The Morgan fingerprint density at radius 3 is 2.50 bits per heavy atom. The second kappa shape index (κ2) is 9.63. The fraction of sp³-hybridized carbons (Fsp3) is 0.360.